The lowest BCUT2D eigenvalue weighted by molar-refractivity contribution is -0.120. The summed E-state index contributed by atoms with van der Waals surface area (Å²) < 4.78 is 21.5. The number of carbonyl (C=O) groups is 1. The van der Waals surface area contributed by atoms with Crippen LogP contribution in [0, 0.1) is 0 Å². The van der Waals surface area contributed by atoms with Gasteiger partial charge in [-0.1, -0.05) is 6.92 Å². The van der Waals surface area contributed by atoms with Crippen LogP contribution in [0.4, 0.5) is 0 Å². The van der Waals surface area contributed by atoms with Crippen LogP contribution in [-0.4, -0.2) is 45.5 Å². The summed E-state index contributed by atoms with van der Waals surface area (Å²) in [6, 6.07) is 0.161. The molecule has 1 amide bonds. The normalized spacial score (nSPS) is 13.5. The van der Waals surface area contributed by atoms with E-state index in [4.69, 9.17) is 0 Å². The fourth-order valence-corrected chi connectivity index (χ4v) is 1.40. The molecule has 0 aromatic rings. The van der Waals surface area contributed by atoms with Crippen molar-refractivity contribution in [2.24, 2.45) is 0 Å². The maximum absolute atomic E-state index is 11.2. The highest BCUT2D eigenvalue weighted by Crippen LogP contribution is 1.86. The second-order valence-electron chi connectivity index (χ2n) is 3.68. The first-order valence-electron chi connectivity index (χ1n) is 5.03. The van der Waals surface area contributed by atoms with Gasteiger partial charge >= 0.3 is 0 Å². The van der Waals surface area contributed by atoms with Crippen molar-refractivity contribution >= 4 is 15.7 Å². The zero-order chi connectivity index (χ0) is 11.9. The lowest BCUT2D eigenvalue weighted by atomic mass is 10.2. The lowest BCUT2D eigenvalue weighted by Gasteiger charge is -2.11. The average Bonchev–Trinajstić information content (AvgIpc) is 2.11. The van der Waals surface area contributed by atoms with E-state index in [1.807, 2.05) is 13.8 Å². The Hall–Kier alpha value is -0.620. The standard InChI is InChI=1S/C9H20N2O3S/c1-4-8(2)11-9(12)7-10-5-6-15(3,13)14/h8,10H,4-7H2,1-3H3,(H,11,12). The van der Waals surface area contributed by atoms with E-state index in [9.17, 15) is 13.2 Å². The number of sulfone groups is 1. The van der Waals surface area contributed by atoms with E-state index in [1.54, 1.807) is 0 Å². The third-order valence-electron chi connectivity index (χ3n) is 1.95. The molecule has 0 aliphatic heterocycles. The number of hydrogen-bond acceptors (Lipinski definition) is 4. The van der Waals surface area contributed by atoms with E-state index in [0.717, 1.165) is 6.42 Å². The summed E-state index contributed by atoms with van der Waals surface area (Å²) in [5.41, 5.74) is 0. The first-order valence-corrected chi connectivity index (χ1v) is 7.09. The smallest absolute Gasteiger partial charge is 0.234 e. The zero-order valence-corrected chi connectivity index (χ0v) is 10.4. The van der Waals surface area contributed by atoms with Crippen LogP contribution in [0.15, 0.2) is 0 Å². The molecule has 90 valence electrons. The fourth-order valence-electron chi connectivity index (χ4n) is 0.887. The van der Waals surface area contributed by atoms with Crippen molar-refractivity contribution in [3.63, 3.8) is 0 Å². The number of hydrogen-bond donors (Lipinski definition) is 2. The van der Waals surface area contributed by atoms with Gasteiger partial charge in [0, 0.05) is 18.8 Å². The molecule has 0 aliphatic carbocycles. The van der Waals surface area contributed by atoms with Crippen molar-refractivity contribution < 1.29 is 13.2 Å². The lowest BCUT2D eigenvalue weighted by Crippen LogP contribution is -2.39. The maximum atomic E-state index is 11.2. The Bertz CT molecular complexity index is 288. The molecule has 0 radical (unpaired) electrons. The number of amides is 1. The molecule has 0 spiro atoms. The molecule has 0 rings (SSSR count). The van der Waals surface area contributed by atoms with Crippen LogP contribution >= 0.6 is 0 Å². The van der Waals surface area contributed by atoms with Gasteiger partial charge in [-0.25, -0.2) is 8.42 Å². The summed E-state index contributed by atoms with van der Waals surface area (Å²) in [5.74, 6) is -0.0401. The highest BCUT2D eigenvalue weighted by Gasteiger charge is 2.05. The van der Waals surface area contributed by atoms with Gasteiger partial charge in [-0.05, 0) is 13.3 Å². The predicted octanol–water partition coefficient (Wildman–Crippen LogP) is -0.465. The predicted molar refractivity (Wildman–Crippen MR) is 60.5 cm³/mol. The van der Waals surface area contributed by atoms with E-state index in [-0.39, 0.29) is 24.2 Å². The molecule has 0 aromatic heterocycles. The first kappa shape index (κ1) is 14.4. The van der Waals surface area contributed by atoms with Crippen LogP contribution in [0.2, 0.25) is 0 Å². The molecule has 6 heteroatoms. The van der Waals surface area contributed by atoms with Crippen LogP contribution in [0.3, 0.4) is 0 Å². The number of nitrogens with one attached hydrogen (secondary N) is 2. The van der Waals surface area contributed by atoms with Gasteiger partial charge in [0.2, 0.25) is 5.91 Å². The average molecular weight is 236 g/mol. The van der Waals surface area contributed by atoms with Crippen LogP contribution in [0.25, 0.3) is 0 Å². The Balaban J connectivity index is 3.56. The van der Waals surface area contributed by atoms with Gasteiger partial charge in [-0.15, -0.1) is 0 Å². The molecule has 2 N–H and O–H groups in total. The molecule has 1 atom stereocenters. The summed E-state index contributed by atoms with van der Waals surface area (Å²) in [6.07, 6.45) is 2.06. The maximum Gasteiger partial charge on any atom is 0.234 e. The molecular formula is C9H20N2O3S. The van der Waals surface area contributed by atoms with Crippen molar-refractivity contribution in [1.82, 2.24) is 10.6 Å². The highest BCUT2D eigenvalue weighted by atomic mass is 32.2. The Morgan fingerprint density at radius 3 is 2.47 bits per heavy atom. The Morgan fingerprint density at radius 2 is 2.00 bits per heavy atom. The van der Waals surface area contributed by atoms with Crippen LogP contribution in [0.1, 0.15) is 20.3 Å². The van der Waals surface area contributed by atoms with Crippen LogP contribution in [-0.2, 0) is 14.6 Å². The fraction of sp³-hybridized carbons (Fsp3) is 0.889. The van der Waals surface area contributed by atoms with E-state index in [2.05, 4.69) is 10.6 Å². The second kappa shape index (κ2) is 6.79. The highest BCUT2D eigenvalue weighted by molar-refractivity contribution is 7.90. The minimum absolute atomic E-state index is 0.0591. The van der Waals surface area contributed by atoms with Gasteiger partial charge in [0.05, 0.1) is 12.3 Å². The third kappa shape index (κ3) is 9.68. The van der Waals surface area contributed by atoms with Gasteiger partial charge < -0.3 is 10.6 Å². The summed E-state index contributed by atoms with van der Waals surface area (Å²) in [6.45, 7) is 4.39. The van der Waals surface area contributed by atoms with Gasteiger partial charge in [0.1, 0.15) is 9.84 Å². The van der Waals surface area contributed by atoms with E-state index in [1.165, 1.54) is 6.26 Å². The minimum Gasteiger partial charge on any atom is -0.353 e. The molecule has 0 aliphatic rings. The molecule has 1 unspecified atom stereocenters. The van der Waals surface area contributed by atoms with Crippen LogP contribution < -0.4 is 10.6 Å². The molecule has 0 saturated carbocycles. The Morgan fingerprint density at radius 1 is 1.40 bits per heavy atom. The molecule has 15 heavy (non-hydrogen) atoms. The quantitative estimate of drug-likeness (QED) is 0.586. The van der Waals surface area contributed by atoms with Gasteiger partial charge in [0.15, 0.2) is 0 Å². The Kier molecular flexibility index (Phi) is 6.51. The zero-order valence-electron chi connectivity index (χ0n) is 9.54. The van der Waals surface area contributed by atoms with Crippen molar-refractivity contribution in [3.05, 3.63) is 0 Å². The molecule has 5 nitrogen and oxygen atoms in total. The van der Waals surface area contributed by atoms with Crippen molar-refractivity contribution in [1.29, 1.82) is 0 Å². The third-order valence-corrected chi connectivity index (χ3v) is 2.90. The van der Waals surface area contributed by atoms with Crippen LogP contribution in [0.5, 0.6) is 0 Å². The molecule has 0 aromatic carbocycles. The SMILES string of the molecule is CCC(C)NC(=O)CNCCS(C)(=O)=O. The summed E-state index contributed by atoms with van der Waals surface area (Å²) >= 11 is 0. The summed E-state index contributed by atoms with van der Waals surface area (Å²) in [7, 11) is -2.94. The van der Waals surface area contributed by atoms with Gasteiger partial charge in [-0.2, -0.15) is 0 Å². The van der Waals surface area contributed by atoms with E-state index < -0.39 is 9.84 Å². The minimum atomic E-state index is -2.94. The first-order chi connectivity index (χ1) is 6.85. The monoisotopic (exact) mass is 236 g/mol. The number of carbonyl (C=O) groups excluding carboxylic acids is 1. The topological polar surface area (TPSA) is 75.3 Å². The van der Waals surface area contributed by atoms with E-state index >= 15 is 0 Å². The van der Waals surface area contributed by atoms with Crippen molar-refractivity contribution in [3.8, 4) is 0 Å². The second-order valence-corrected chi connectivity index (χ2v) is 5.94. The summed E-state index contributed by atoms with van der Waals surface area (Å²) in [4.78, 5) is 11.2. The molecule has 0 bridgehead atoms. The van der Waals surface area contributed by atoms with Crippen molar-refractivity contribution in [2.75, 3.05) is 25.1 Å². The summed E-state index contributed by atoms with van der Waals surface area (Å²) in [5, 5.41) is 5.56. The van der Waals surface area contributed by atoms with Gasteiger partial charge in [0.25, 0.3) is 0 Å². The molecular weight excluding hydrogens is 216 g/mol. The number of rotatable bonds is 7. The van der Waals surface area contributed by atoms with E-state index in [0.29, 0.717) is 6.54 Å². The largest absolute Gasteiger partial charge is 0.353 e. The van der Waals surface area contributed by atoms with Crippen molar-refractivity contribution in [2.45, 2.75) is 26.3 Å². The molecule has 0 heterocycles. The van der Waals surface area contributed by atoms with Gasteiger partial charge in [-0.3, -0.25) is 4.79 Å². The molecule has 0 saturated heterocycles. The Labute approximate surface area is 91.5 Å². The molecule has 0 fully saturated rings.